The second-order valence-corrected chi connectivity index (χ2v) is 7.15. The first-order valence-corrected chi connectivity index (χ1v) is 8.00. The molecule has 1 saturated carbocycles. The predicted octanol–water partition coefficient (Wildman–Crippen LogP) is 2.33. The van der Waals surface area contributed by atoms with Gasteiger partial charge in [-0.05, 0) is 31.1 Å². The fourth-order valence-corrected chi connectivity index (χ4v) is 3.52. The average Bonchev–Trinajstić information content (AvgIpc) is 2.80. The second-order valence-electron chi connectivity index (χ2n) is 7.15. The standard InChI is InChI=1S/C16H28N2O2/c1-11(2)7-10-18-13(12(3)4)14(19)17-16(15(18)20)8-5-6-9-16/h11-13H,5-10H2,1-4H3,(H,17,19). The van der Waals surface area contributed by atoms with Crippen molar-refractivity contribution in [2.75, 3.05) is 6.54 Å². The van der Waals surface area contributed by atoms with Gasteiger partial charge in [0, 0.05) is 6.54 Å². The molecule has 1 N–H and O–H groups in total. The Labute approximate surface area is 122 Å². The van der Waals surface area contributed by atoms with Gasteiger partial charge in [0.2, 0.25) is 11.8 Å². The number of amides is 2. The van der Waals surface area contributed by atoms with Gasteiger partial charge in [-0.1, -0.05) is 40.5 Å². The Morgan fingerprint density at radius 2 is 1.80 bits per heavy atom. The normalized spacial score (nSPS) is 25.9. The van der Waals surface area contributed by atoms with Crippen molar-refractivity contribution in [2.24, 2.45) is 11.8 Å². The van der Waals surface area contributed by atoms with Crippen molar-refractivity contribution < 1.29 is 9.59 Å². The van der Waals surface area contributed by atoms with Crippen molar-refractivity contribution in [3.05, 3.63) is 0 Å². The molecule has 1 saturated heterocycles. The van der Waals surface area contributed by atoms with E-state index in [1.54, 1.807) is 0 Å². The largest absolute Gasteiger partial charge is 0.340 e. The lowest BCUT2D eigenvalue weighted by Crippen LogP contribution is -2.70. The highest BCUT2D eigenvalue weighted by Gasteiger charge is 2.52. The Balaban J connectivity index is 2.23. The summed E-state index contributed by atoms with van der Waals surface area (Å²) in [6.07, 6.45) is 4.65. The Morgan fingerprint density at radius 3 is 2.30 bits per heavy atom. The third kappa shape index (κ3) is 2.70. The lowest BCUT2D eigenvalue weighted by molar-refractivity contribution is -0.156. The summed E-state index contributed by atoms with van der Waals surface area (Å²) in [5.41, 5.74) is -0.584. The molecule has 2 amide bonds. The molecule has 2 aliphatic rings. The minimum absolute atomic E-state index is 0.0465. The molecule has 0 aromatic rings. The number of piperazine rings is 1. The fourth-order valence-electron chi connectivity index (χ4n) is 3.52. The summed E-state index contributed by atoms with van der Waals surface area (Å²) in [6.45, 7) is 9.06. The van der Waals surface area contributed by atoms with E-state index < -0.39 is 5.54 Å². The summed E-state index contributed by atoms with van der Waals surface area (Å²) in [4.78, 5) is 27.3. The molecule has 0 aromatic carbocycles. The summed E-state index contributed by atoms with van der Waals surface area (Å²) in [5.74, 6) is 0.907. The summed E-state index contributed by atoms with van der Waals surface area (Å²) in [5, 5.41) is 3.06. The topological polar surface area (TPSA) is 49.4 Å². The Hall–Kier alpha value is -1.06. The van der Waals surface area contributed by atoms with Crippen LogP contribution in [0.2, 0.25) is 0 Å². The van der Waals surface area contributed by atoms with E-state index in [1.807, 2.05) is 18.7 Å². The molecule has 4 nitrogen and oxygen atoms in total. The zero-order valence-electron chi connectivity index (χ0n) is 13.2. The van der Waals surface area contributed by atoms with Gasteiger partial charge in [-0.15, -0.1) is 0 Å². The number of hydrogen-bond acceptors (Lipinski definition) is 2. The SMILES string of the molecule is CC(C)CCN1C(=O)C2(CCCC2)NC(=O)C1C(C)C. The second kappa shape index (κ2) is 5.74. The van der Waals surface area contributed by atoms with E-state index in [0.717, 1.165) is 32.1 Å². The van der Waals surface area contributed by atoms with Crippen LogP contribution in [0.25, 0.3) is 0 Å². The number of carbonyl (C=O) groups is 2. The maximum absolute atomic E-state index is 12.9. The van der Waals surface area contributed by atoms with E-state index in [1.165, 1.54) is 0 Å². The number of hydrogen-bond donors (Lipinski definition) is 1. The molecule has 2 fully saturated rings. The van der Waals surface area contributed by atoms with E-state index in [0.29, 0.717) is 12.5 Å². The highest BCUT2D eigenvalue weighted by Crippen LogP contribution is 2.36. The van der Waals surface area contributed by atoms with Crippen LogP contribution in [-0.4, -0.2) is 34.8 Å². The Kier molecular flexibility index (Phi) is 4.40. The zero-order chi connectivity index (χ0) is 14.9. The Morgan fingerprint density at radius 1 is 1.20 bits per heavy atom. The van der Waals surface area contributed by atoms with Crippen LogP contribution >= 0.6 is 0 Å². The molecular formula is C16H28N2O2. The van der Waals surface area contributed by atoms with Crippen LogP contribution in [0.5, 0.6) is 0 Å². The molecule has 1 heterocycles. The van der Waals surface area contributed by atoms with Crippen molar-refractivity contribution in [2.45, 2.75) is 71.4 Å². The van der Waals surface area contributed by atoms with Crippen molar-refractivity contribution in [1.82, 2.24) is 10.2 Å². The number of carbonyl (C=O) groups excluding carboxylic acids is 2. The maximum Gasteiger partial charge on any atom is 0.249 e. The lowest BCUT2D eigenvalue weighted by atomic mass is 9.87. The van der Waals surface area contributed by atoms with Gasteiger partial charge in [0.25, 0.3) is 0 Å². The third-order valence-corrected chi connectivity index (χ3v) is 4.67. The molecule has 1 aliphatic carbocycles. The van der Waals surface area contributed by atoms with Crippen molar-refractivity contribution in [3.8, 4) is 0 Å². The summed E-state index contributed by atoms with van der Waals surface area (Å²) >= 11 is 0. The van der Waals surface area contributed by atoms with Gasteiger partial charge in [-0.2, -0.15) is 0 Å². The van der Waals surface area contributed by atoms with E-state index in [2.05, 4.69) is 19.2 Å². The molecule has 0 aromatic heterocycles. The molecule has 1 aliphatic heterocycles. The van der Waals surface area contributed by atoms with Crippen LogP contribution < -0.4 is 5.32 Å². The molecular weight excluding hydrogens is 252 g/mol. The fraction of sp³-hybridized carbons (Fsp3) is 0.875. The molecule has 1 spiro atoms. The van der Waals surface area contributed by atoms with E-state index in [4.69, 9.17) is 0 Å². The molecule has 0 bridgehead atoms. The van der Waals surface area contributed by atoms with E-state index in [-0.39, 0.29) is 23.8 Å². The van der Waals surface area contributed by atoms with Gasteiger partial charge in [0.05, 0.1) is 0 Å². The highest BCUT2D eigenvalue weighted by atomic mass is 16.2. The first kappa shape index (κ1) is 15.3. The highest BCUT2D eigenvalue weighted by molar-refractivity contribution is 6.00. The molecule has 4 heteroatoms. The third-order valence-electron chi connectivity index (χ3n) is 4.67. The minimum Gasteiger partial charge on any atom is -0.340 e. The summed E-state index contributed by atoms with van der Waals surface area (Å²) in [7, 11) is 0. The van der Waals surface area contributed by atoms with Crippen molar-refractivity contribution in [3.63, 3.8) is 0 Å². The lowest BCUT2D eigenvalue weighted by Gasteiger charge is -2.46. The molecule has 0 radical (unpaired) electrons. The van der Waals surface area contributed by atoms with Crippen LogP contribution in [0.3, 0.4) is 0 Å². The average molecular weight is 280 g/mol. The molecule has 20 heavy (non-hydrogen) atoms. The number of nitrogens with zero attached hydrogens (tertiary/aromatic N) is 1. The summed E-state index contributed by atoms with van der Waals surface area (Å²) < 4.78 is 0. The molecule has 2 rings (SSSR count). The zero-order valence-corrected chi connectivity index (χ0v) is 13.2. The predicted molar refractivity (Wildman–Crippen MR) is 79.1 cm³/mol. The summed E-state index contributed by atoms with van der Waals surface area (Å²) in [6, 6.07) is -0.299. The van der Waals surface area contributed by atoms with Crippen molar-refractivity contribution in [1.29, 1.82) is 0 Å². The van der Waals surface area contributed by atoms with Gasteiger partial charge in [0.15, 0.2) is 0 Å². The van der Waals surface area contributed by atoms with Gasteiger partial charge >= 0.3 is 0 Å². The first-order valence-electron chi connectivity index (χ1n) is 8.00. The quantitative estimate of drug-likeness (QED) is 0.859. The van der Waals surface area contributed by atoms with E-state index in [9.17, 15) is 9.59 Å². The van der Waals surface area contributed by atoms with E-state index >= 15 is 0 Å². The maximum atomic E-state index is 12.9. The number of nitrogens with one attached hydrogen (secondary N) is 1. The monoisotopic (exact) mass is 280 g/mol. The minimum atomic E-state index is -0.584. The molecule has 1 unspecified atom stereocenters. The van der Waals surface area contributed by atoms with Gasteiger partial charge < -0.3 is 10.2 Å². The first-order chi connectivity index (χ1) is 9.37. The van der Waals surface area contributed by atoms with Crippen LogP contribution in [-0.2, 0) is 9.59 Å². The van der Waals surface area contributed by atoms with Gasteiger partial charge in [-0.3, -0.25) is 9.59 Å². The molecule has 114 valence electrons. The number of rotatable bonds is 4. The smallest absolute Gasteiger partial charge is 0.249 e. The van der Waals surface area contributed by atoms with Crippen LogP contribution in [0, 0.1) is 11.8 Å². The van der Waals surface area contributed by atoms with Crippen LogP contribution in [0.15, 0.2) is 0 Å². The van der Waals surface area contributed by atoms with Gasteiger partial charge in [-0.25, -0.2) is 0 Å². The molecule has 1 atom stereocenters. The Bertz CT molecular complexity index is 384. The van der Waals surface area contributed by atoms with Crippen molar-refractivity contribution >= 4 is 11.8 Å². The van der Waals surface area contributed by atoms with Gasteiger partial charge in [0.1, 0.15) is 11.6 Å². The van der Waals surface area contributed by atoms with Crippen LogP contribution in [0.1, 0.15) is 59.8 Å². The van der Waals surface area contributed by atoms with Crippen LogP contribution in [0.4, 0.5) is 0 Å².